The Bertz CT molecular complexity index is 864. The van der Waals surface area contributed by atoms with E-state index >= 15 is 0 Å². The van der Waals surface area contributed by atoms with E-state index in [9.17, 15) is 4.39 Å². The molecule has 0 heterocycles. The van der Waals surface area contributed by atoms with Crippen molar-refractivity contribution in [2.45, 2.75) is 39.5 Å². The van der Waals surface area contributed by atoms with Gasteiger partial charge in [0.2, 0.25) is 0 Å². The van der Waals surface area contributed by atoms with Gasteiger partial charge >= 0.3 is 0 Å². The number of aryl methyl sites for hydroxylation is 2. The fourth-order valence-corrected chi connectivity index (χ4v) is 3.41. The number of benzene rings is 3. The van der Waals surface area contributed by atoms with E-state index in [0.29, 0.717) is 5.56 Å². The number of hydrogen-bond acceptors (Lipinski definition) is 0. The second-order valence-corrected chi connectivity index (χ2v) is 7.01. The summed E-state index contributed by atoms with van der Waals surface area (Å²) < 4.78 is 14.8. The lowest BCUT2D eigenvalue weighted by Gasteiger charge is -2.10. The molecule has 0 saturated heterocycles. The van der Waals surface area contributed by atoms with Crippen LogP contribution in [0.3, 0.4) is 0 Å². The van der Waals surface area contributed by atoms with Crippen molar-refractivity contribution in [3.05, 3.63) is 82.6 Å². The molecule has 3 rings (SSSR count). The van der Waals surface area contributed by atoms with Crippen LogP contribution in [0.1, 0.15) is 37.8 Å². The van der Waals surface area contributed by atoms with Gasteiger partial charge in [-0.3, -0.25) is 0 Å². The molecule has 134 valence electrons. The second-order valence-electron chi connectivity index (χ2n) is 6.63. The van der Waals surface area contributed by atoms with E-state index < -0.39 is 0 Å². The Balaban J connectivity index is 1.87. The quantitative estimate of drug-likeness (QED) is 0.419. The van der Waals surface area contributed by atoms with Crippen LogP contribution in [-0.4, -0.2) is 0 Å². The number of rotatable bonds is 6. The van der Waals surface area contributed by atoms with Crippen molar-refractivity contribution in [1.82, 2.24) is 0 Å². The highest BCUT2D eigenvalue weighted by molar-refractivity contribution is 6.31. The van der Waals surface area contributed by atoms with Gasteiger partial charge in [-0.15, -0.1) is 0 Å². The third-order valence-electron chi connectivity index (χ3n) is 4.85. The Morgan fingerprint density at radius 2 is 1.35 bits per heavy atom. The van der Waals surface area contributed by atoms with Gasteiger partial charge in [-0.2, -0.15) is 0 Å². The zero-order valence-corrected chi connectivity index (χ0v) is 16.1. The lowest BCUT2D eigenvalue weighted by atomic mass is 9.97. The van der Waals surface area contributed by atoms with Crippen LogP contribution in [0.25, 0.3) is 22.3 Å². The van der Waals surface area contributed by atoms with Crippen LogP contribution >= 0.6 is 11.6 Å². The minimum absolute atomic E-state index is 0.259. The average molecular weight is 367 g/mol. The van der Waals surface area contributed by atoms with Gasteiger partial charge in [0.1, 0.15) is 5.82 Å². The topological polar surface area (TPSA) is 0 Å². The smallest absolute Gasteiger partial charge is 0.149 e. The normalized spacial score (nSPS) is 10.9. The maximum absolute atomic E-state index is 14.8. The average Bonchev–Trinajstić information content (AvgIpc) is 2.69. The number of hydrogen-bond donors (Lipinski definition) is 0. The predicted molar refractivity (Wildman–Crippen MR) is 110 cm³/mol. The molecule has 0 aliphatic heterocycles. The molecule has 3 aromatic rings. The van der Waals surface area contributed by atoms with Crippen LogP contribution in [0.4, 0.5) is 4.39 Å². The first-order chi connectivity index (χ1) is 12.6. The summed E-state index contributed by atoms with van der Waals surface area (Å²) in [5.41, 5.74) is 5.92. The first kappa shape index (κ1) is 18.7. The van der Waals surface area contributed by atoms with Gasteiger partial charge in [-0.05, 0) is 47.1 Å². The van der Waals surface area contributed by atoms with Crippen molar-refractivity contribution >= 4 is 11.6 Å². The molecule has 26 heavy (non-hydrogen) atoms. The third-order valence-corrected chi connectivity index (χ3v) is 5.26. The van der Waals surface area contributed by atoms with Gasteiger partial charge in [0.25, 0.3) is 0 Å². The molecule has 0 saturated carbocycles. The zero-order chi connectivity index (χ0) is 18.5. The molecule has 0 N–H and O–H groups in total. The molecule has 0 amide bonds. The maximum Gasteiger partial charge on any atom is 0.149 e. The summed E-state index contributed by atoms with van der Waals surface area (Å²) in [5, 5.41) is 0.259. The summed E-state index contributed by atoms with van der Waals surface area (Å²) in [5.74, 6) is -0.319. The van der Waals surface area contributed by atoms with Crippen molar-refractivity contribution in [1.29, 1.82) is 0 Å². The Morgan fingerprint density at radius 3 is 1.92 bits per heavy atom. The van der Waals surface area contributed by atoms with E-state index in [-0.39, 0.29) is 10.8 Å². The number of halogens is 2. The molecular formula is C24H24ClF. The van der Waals surface area contributed by atoms with Gasteiger partial charge in [-0.1, -0.05) is 92.5 Å². The van der Waals surface area contributed by atoms with Gasteiger partial charge in [0.15, 0.2) is 0 Å². The molecule has 0 aromatic heterocycles. The first-order valence-corrected chi connectivity index (χ1v) is 9.68. The van der Waals surface area contributed by atoms with E-state index in [0.717, 1.165) is 42.4 Å². The summed E-state index contributed by atoms with van der Waals surface area (Å²) >= 11 is 6.26. The molecule has 0 bridgehead atoms. The van der Waals surface area contributed by atoms with Crippen molar-refractivity contribution < 1.29 is 4.39 Å². The molecule has 0 unspecified atom stereocenters. The molecule has 3 aromatic carbocycles. The Kier molecular flexibility index (Phi) is 6.11. The Morgan fingerprint density at radius 1 is 0.769 bits per heavy atom. The van der Waals surface area contributed by atoms with Crippen molar-refractivity contribution in [3.63, 3.8) is 0 Å². The SMILES string of the molecule is CCCCc1ccc(-c2ccc(-c3ccc(CC)cc3)cc2)c(F)c1Cl. The summed E-state index contributed by atoms with van der Waals surface area (Å²) in [4.78, 5) is 0. The van der Waals surface area contributed by atoms with Crippen LogP contribution in [0.5, 0.6) is 0 Å². The lowest BCUT2D eigenvalue weighted by molar-refractivity contribution is 0.628. The fourth-order valence-electron chi connectivity index (χ4n) is 3.15. The first-order valence-electron chi connectivity index (χ1n) is 9.30. The van der Waals surface area contributed by atoms with E-state index in [2.05, 4.69) is 38.1 Å². The highest BCUT2D eigenvalue weighted by Gasteiger charge is 2.13. The summed E-state index contributed by atoms with van der Waals surface area (Å²) in [6, 6.07) is 20.4. The van der Waals surface area contributed by atoms with Gasteiger partial charge in [0.05, 0.1) is 5.02 Å². The van der Waals surface area contributed by atoms with Crippen LogP contribution in [0.15, 0.2) is 60.7 Å². The van der Waals surface area contributed by atoms with Gasteiger partial charge in [-0.25, -0.2) is 4.39 Å². The van der Waals surface area contributed by atoms with E-state index in [1.165, 1.54) is 11.1 Å². The van der Waals surface area contributed by atoms with Gasteiger partial charge in [0, 0.05) is 5.56 Å². The monoisotopic (exact) mass is 366 g/mol. The molecule has 0 spiro atoms. The van der Waals surface area contributed by atoms with Crippen molar-refractivity contribution in [2.75, 3.05) is 0 Å². The van der Waals surface area contributed by atoms with Crippen molar-refractivity contribution in [2.24, 2.45) is 0 Å². The third kappa shape index (κ3) is 3.99. The van der Waals surface area contributed by atoms with Crippen LogP contribution in [0, 0.1) is 5.82 Å². The molecule has 0 aliphatic rings. The maximum atomic E-state index is 14.8. The molecule has 0 aliphatic carbocycles. The van der Waals surface area contributed by atoms with Gasteiger partial charge < -0.3 is 0 Å². The highest BCUT2D eigenvalue weighted by Crippen LogP contribution is 2.32. The van der Waals surface area contributed by atoms with E-state index in [4.69, 9.17) is 11.6 Å². The fraction of sp³-hybridized carbons (Fsp3) is 0.250. The summed E-state index contributed by atoms with van der Waals surface area (Å²) in [7, 11) is 0. The lowest BCUT2D eigenvalue weighted by Crippen LogP contribution is -1.93. The van der Waals surface area contributed by atoms with Crippen LogP contribution in [-0.2, 0) is 12.8 Å². The Labute approximate surface area is 160 Å². The van der Waals surface area contributed by atoms with Crippen molar-refractivity contribution in [3.8, 4) is 22.3 Å². The molecular weight excluding hydrogens is 343 g/mol. The molecule has 0 fully saturated rings. The standard InChI is InChI=1S/C24H24ClF/c1-3-5-6-21-15-16-22(24(26)23(21)25)20-13-11-19(12-14-20)18-9-7-17(4-2)8-10-18/h7-16H,3-6H2,1-2H3. The summed E-state index contributed by atoms with van der Waals surface area (Å²) in [6.45, 7) is 4.27. The zero-order valence-electron chi connectivity index (χ0n) is 15.4. The summed E-state index contributed by atoms with van der Waals surface area (Å²) in [6.07, 6.45) is 3.94. The largest absolute Gasteiger partial charge is 0.205 e. The highest BCUT2D eigenvalue weighted by atomic mass is 35.5. The Hall–Kier alpha value is -2.12. The van der Waals surface area contributed by atoms with Crippen LogP contribution in [0.2, 0.25) is 5.02 Å². The predicted octanol–water partition coefficient (Wildman–Crippen LogP) is 7.72. The minimum Gasteiger partial charge on any atom is -0.205 e. The molecule has 0 radical (unpaired) electrons. The minimum atomic E-state index is -0.319. The van der Waals surface area contributed by atoms with E-state index in [1.807, 2.05) is 36.4 Å². The molecule has 0 nitrogen and oxygen atoms in total. The van der Waals surface area contributed by atoms with E-state index in [1.54, 1.807) is 0 Å². The second kappa shape index (κ2) is 8.51. The number of unbranched alkanes of at least 4 members (excludes halogenated alkanes) is 1. The molecule has 2 heteroatoms. The molecule has 0 atom stereocenters. The van der Waals surface area contributed by atoms with Crippen LogP contribution < -0.4 is 0 Å².